The molecule has 8 heteroatoms. The molecule has 3 N–H and O–H groups in total. The molecule has 1 aromatic heterocycles. The van der Waals surface area contributed by atoms with Crippen LogP contribution in [0.5, 0.6) is 5.75 Å². The van der Waals surface area contributed by atoms with E-state index in [-0.39, 0.29) is 0 Å². The van der Waals surface area contributed by atoms with Gasteiger partial charge in [-0.3, -0.25) is 5.43 Å². The van der Waals surface area contributed by atoms with Crippen molar-refractivity contribution in [3.63, 3.8) is 0 Å². The summed E-state index contributed by atoms with van der Waals surface area (Å²) in [5, 5.41) is 19.4. The summed E-state index contributed by atoms with van der Waals surface area (Å²) >= 11 is 0. The van der Waals surface area contributed by atoms with E-state index in [1.165, 1.54) is 28.9 Å². The number of aromatic nitrogens is 1. The molecule has 3 aromatic rings. The molecule has 2 aliphatic heterocycles. The summed E-state index contributed by atoms with van der Waals surface area (Å²) in [5.74, 6) is 0.292. The Morgan fingerprint density at radius 1 is 1.20 bits per heavy atom. The lowest BCUT2D eigenvalue weighted by atomic mass is 9.90. The molecule has 2 aromatic carbocycles. The highest BCUT2D eigenvalue weighted by Crippen LogP contribution is 2.44. The molecule has 0 saturated carbocycles. The molecule has 0 spiro atoms. The summed E-state index contributed by atoms with van der Waals surface area (Å²) in [6, 6.07) is 11.2. The first-order valence-corrected chi connectivity index (χ1v) is 12.1. The Morgan fingerprint density at radius 2 is 2.00 bits per heavy atom. The van der Waals surface area contributed by atoms with Gasteiger partial charge in [-0.2, -0.15) is 18.3 Å². The van der Waals surface area contributed by atoms with Crippen LogP contribution < -0.4 is 10.7 Å². The topological polar surface area (TPSA) is 61.6 Å². The van der Waals surface area contributed by atoms with E-state index >= 15 is 0 Å². The van der Waals surface area contributed by atoms with E-state index in [9.17, 15) is 18.3 Å². The van der Waals surface area contributed by atoms with E-state index in [2.05, 4.69) is 20.4 Å². The summed E-state index contributed by atoms with van der Waals surface area (Å²) in [6.07, 6.45) is 4.19. The van der Waals surface area contributed by atoms with E-state index in [1.54, 1.807) is 6.07 Å². The minimum absolute atomic E-state index is 0.292. The first kappa shape index (κ1) is 23.5. The zero-order valence-corrected chi connectivity index (χ0v) is 19.6. The molecule has 0 fully saturated rings. The number of fused-ring (bicyclic) bond motifs is 3. The summed E-state index contributed by atoms with van der Waals surface area (Å²) < 4.78 is 40.9. The number of allylic oxidation sites excluding steroid dienone is 2. The molecule has 0 bridgehead atoms. The Hall–Kier alpha value is -3.26. The SMILES string of the molecule is C/C=C\C(CC[C@@H]1CC[C@@H]2NCCc3c2n1c1ccc(O)cc31)=N/Nc1ccc(C(F)(F)F)cc1. The van der Waals surface area contributed by atoms with Crippen molar-refractivity contribution in [1.82, 2.24) is 9.88 Å². The largest absolute Gasteiger partial charge is 0.508 e. The number of halogens is 3. The highest BCUT2D eigenvalue weighted by molar-refractivity contribution is 5.95. The van der Waals surface area contributed by atoms with E-state index < -0.39 is 11.7 Å². The van der Waals surface area contributed by atoms with E-state index in [4.69, 9.17) is 0 Å². The second-order valence-electron chi connectivity index (χ2n) is 9.25. The Bertz CT molecular complexity index is 1270. The number of anilines is 1. The van der Waals surface area contributed by atoms with Crippen LogP contribution in [0.15, 0.2) is 59.7 Å². The fraction of sp³-hybridized carbons (Fsp3) is 0.370. The molecule has 5 rings (SSSR count). The predicted molar refractivity (Wildman–Crippen MR) is 133 cm³/mol. The number of aromatic hydroxyl groups is 1. The summed E-state index contributed by atoms with van der Waals surface area (Å²) in [7, 11) is 0. The van der Waals surface area contributed by atoms with Gasteiger partial charge in [-0.05, 0) is 99.7 Å². The van der Waals surface area contributed by atoms with Gasteiger partial charge in [-0.15, -0.1) is 0 Å². The normalized spacial score (nSPS) is 20.4. The second-order valence-corrected chi connectivity index (χ2v) is 9.25. The van der Waals surface area contributed by atoms with E-state index in [1.807, 2.05) is 31.2 Å². The minimum atomic E-state index is -4.35. The number of alkyl halides is 3. The van der Waals surface area contributed by atoms with E-state index in [0.717, 1.165) is 61.9 Å². The van der Waals surface area contributed by atoms with Crippen molar-refractivity contribution in [2.45, 2.75) is 57.3 Å². The summed E-state index contributed by atoms with van der Waals surface area (Å²) in [5.41, 5.74) is 7.44. The van der Waals surface area contributed by atoms with Gasteiger partial charge in [0.25, 0.3) is 0 Å². The van der Waals surface area contributed by atoms with Crippen molar-refractivity contribution in [3.05, 3.63) is 71.4 Å². The van der Waals surface area contributed by atoms with Crippen LogP contribution in [-0.4, -0.2) is 21.9 Å². The first-order chi connectivity index (χ1) is 16.8. The van der Waals surface area contributed by atoms with Gasteiger partial charge in [0.1, 0.15) is 5.75 Å². The molecule has 0 saturated heterocycles. The Morgan fingerprint density at radius 3 is 2.74 bits per heavy atom. The van der Waals surface area contributed by atoms with Crippen LogP contribution in [0.4, 0.5) is 18.9 Å². The maximum atomic E-state index is 12.8. The molecule has 184 valence electrons. The lowest BCUT2D eigenvalue weighted by Gasteiger charge is -2.36. The number of hydrazone groups is 1. The summed E-state index contributed by atoms with van der Waals surface area (Å²) in [4.78, 5) is 0. The third kappa shape index (κ3) is 4.67. The first-order valence-electron chi connectivity index (χ1n) is 12.1. The molecular formula is C27H29F3N4O. The molecule has 2 atom stereocenters. The predicted octanol–water partition coefficient (Wildman–Crippen LogP) is 6.71. The minimum Gasteiger partial charge on any atom is -0.508 e. The third-order valence-electron chi connectivity index (χ3n) is 7.02. The number of phenolic OH excluding ortho intramolecular Hbond substituents is 1. The maximum absolute atomic E-state index is 12.8. The quantitative estimate of drug-likeness (QED) is 0.270. The molecule has 0 radical (unpaired) electrons. The van der Waals surface area contributed by atoms with Gasteiger partial charge in [-0.1, -0.05) is 6.08 Å². The van der Waals surface area contributed by atoms with Gasteiger partial charge in [0.05, 0.1) is 17.0 Å². The molecular weight excluding hydrogens is 453 g/mol. The molecule has 0 unspecified atom stereocenters. The van der Waals surface area contributed by atoms with Crippen molar-refractivity contribution in [3.8, 4) is 5.75 Å². The van der Waals surface area contributed by atoms with Crippen molar-refractivity contribution in [2.24, 2.45) is 5.10 Å². The number of nitrogens with one attached hydrogen (secondary N) is 2. The molecule has 3 heterocycles. The zero-order valence-electron chi connectivity index (χ0n) is 19.6. The number of phenols is 1. The smallest absolute Gasteiger partial charge is 0.416 e. The van der Waals surface area contributed by atoms with Crippen LogP contribution in [0.2, 0.25) is 0 Å². The van der Waals surface area contributed by atoms with Crippen LogP contribution in [0, 0.1) is 0 Å². The Balaban J connectivity index is 1.36. The van der Waals surface area contributed by atoms with Crippen molar-refractivity contribution in [2.75, 3.05) is 12.0 Å². The molecule has 0 aliphatic carbocycles. The highest BCUT2D eigenvalue weighted by atomic mass is 19.4. The number of hydrogen-bond acceptors (Lipinski definition) is 4. The Kier molecular flexibility index (Phi) is 6.32. The monoisotopic (exact) mass is 482 g/mol. The van der Waals surface area contributed by atoms with Gasteiger partial charge in [-0.25, -0.2) is 0 Å². The van der Waals surface area contributed by atoms with Crippen LogP contribution >= 0.6 is 0 Å². The maximum Gasteiger partial charge on any atom is 0.416 e. The van der Waals surface area contributed by atoms with Crippen molar-refractivity contribution >= 4 is 22.3 Å². The number of rotatable bonds is 6. The zero-order chi connectivity index (χ0) is 24.6. The summed E-state index contributed by atoms with van der Waals surface area (Å²) in [6.45, 7) is 2.87. The van der Waals surface area contributed by atoms with Crippen LogP contribution in [0.25, 0.3) is 10.9 Å². The van der Waals surface area contributed by atoms with Crippen molar-refractivity contribution in [1.29, 1.82) is 0 Å². The standard InChI is InChI=1S/C27H29F3N4O/c1-2-3-18(32-33-19-6-4-17(5-7-19)27(28,29)30)8-9-20-10-12-24-26-22(14-15-31-24)23-16-21(35)11-13-25(23)34(20)26/h2-7,11,13,16,20,24,31,33,35H,8-10,12,14-15H2,1H3/b3-2-,32-18+/t20-,24+/m1/s1. The van der Waals surface area contributed by atoms with E-state index in [0.29, 0.717) is 23.5 Å². The van der Waals surface area contributed by atoms with Gasteiger partial charge in [0.2, 0.25) is 0 Å². The average Bonchev–Trinajstić information content (AvgIpc) is 3.17. The number of nitrogens with zero attached hydrogens (tertiary/aromatic N) is 2. The van der Waals surface area contributed by atoms with Crippen LogP contribution in [0.1, 0.15) is 61.5 Å². The van der Waals surface area contributed by atoms with Gasteiger partial charge in [0.15, 0.2) is 0 Å². The van der Waals surface area contributed by atoms with Gasteiger partial charge >= 0.3 is 6.18 Å². The molecule has 0 amide bonds. The lowest BCUT2D eigenvalue weighted by Crippen LogP contribution is -2.35. The molecule has 2 aliphatic rings. The fourth-order valence-electron chi connectivity index (χ4n) is 5.45. The number of benzene rings is 2. The number of hydrogen-bond donors (Lipinski definition) is 3. The van der Waals surface area contributed by atoms with Crippen LogP contribution in [-0.2, 0) is 12.6 Å². The average molecular weight is 483 g/mol. The lowest BCUT2D eigenvalue weighted by molar-refractivity contribution is -0.137. The Labute approximate surface area is 202 Å². The fourth-order valence-corrected chi connectivity index (χ4v) is 5.45. The second kappa shape index (κ2) is 9.41. The highest BCUT2D eigenvalue weighted by Gasteiger charge is 2.34. The van der Waals surface area contributed by atoms with Gasteiger partial charge in [0, 0.05) is 28.7 Å². The van der Waals surface area contributed by atoms with Crippen LogP contribution in [0.3, 0.4) is 0 Å². The molecule has 35 heavy (non-hydrogen) atoms. The van der Waals surface area contributed by atoms with Gasteiger partial charge < -0.3 is 15.0 Å². The molecule has 5 nitrogen and oxygen atoms in total. The third-order valence-corrected chi connectivity index (χ3v) is 7.02. The van der Waals surface area contributed by atoms with Crippen molar-refractivity contribution < 1.29 is 18.3 Å².